The zero-order valence-electron chi connectivity index (χ0n) is 13.4. The van der Waals surface area contributed by atoms with E-state index < -0.39 is 0 Å². The molecule has 0 aromatic heterocycles. The van der Waals surface area contributed by atoms with Gasteiger partial charge in [-0.05, 0) is 49.5 Å². The van der Waals surface area contributed by atoms with Gasteiger partial charge in [-0.3, -0.25) is 4.79 Å². The molecule has 1 saturated carbocycles. The van der Waals surface area contributed by atoms with Crippen LogP contribution in [0.2, 0.25) is 0 Å². The highest BCUT2D eigenvalue weighted by molar-refractivity contribution is 5.78. The molecule has 0 spiro atoms. The van der Waals surface area contributed by atoms with Crippen LogP contribution in [-0.2, 0) is 4.79 Å². The monoisotopic (exact) mass is 268 g/mol. The standard InChI is InChI=1S/C16H32N2O/c1-12(10-17)11-18(5)15(19)13-6-8-14(9-7-13)16(2,3)4/h12-14H,6-11,17H2,1-5H3. The Morgan fingerprint density at radius 2 is 1.79 bits per heavy atom. The number of nitrogens with zero attached hydrogens (tertiary/aromatic N) is 1. The van der Waals surface area contributed by atoms with Crippen molar-refractivity contribution in [1.29, 1.82) is 0 Å². The van der Waals surface area contributed by atoms with Crippen molar-refractivity contribution in [2.75, 3.05) is 20.1 Å². The van der Waals surface area contributed by atoms with Crippen LogP contribution >= 0.6 is 0 Å². The molecule has 19 heavy (non-hydrogen) atoms. The third kappa shape index (κ3) is 4.79. The second-order valence-corrected chi connectivity index (χ2v) is 7.47. The highest BCUT2D eigenvalue weighted by atomic mass is 16.2. The first kappa shape index (κ1) is 16.5. The highest BCUT2D eigenvalue weighted by Gasteiger charge is 2.33. The summed E-state index contributed by atoms with van der Waals surface area (Å²) >= 11 is 0. The maximum absolute atomic E-state index is 12.4. The molecule has 1 unspecified atom stereocenters. The van der Waals surface area contributed by atoms with E-state index in [4.69, 9.17) is 5.73 Å². The van der Waals surface area contributed by atoms with Gasteiger partial charge in [0.1, 0.15) is 0 Å². The van der Waals surface area contributed by atoms with Crippen molar-refractivity contribution < 1.29 is 4.79 Å². The van der Waals surface area contributed by atoms with Gasteiger partial charge in [-0.25, -0.2) is 0 Å². The SMILES string of the molecule is CC(CN)CN(C)C(=O)C1CCC(C(C)(C)C)CC1. The van der Waals surface area contributed by atoms with Crippen LogP contribution in [0.15, 0.2) is 0 Å². The molecule has 0 bridgehead atoms. The first-order valence-corrected chi connectivity index (χ1v) is 7.70. The van der Waals surface area contributed by atoms with Gasteiger partial charge in [-0.1, -0.05) is 27.7 Å². The van der Waals surface area contributed by atoms with Crippen LogP contribution in [0.4, 0.5) is 0 Å². The molecule has 0 saturated heterocycles. The number of amides is 1. The Labute approximate surface area is 118 Å². The Morgan fingerprint density at radius 1 is 1.26 bits per heavy atom. The molecular weight excluding hydrogens is 236 g/mol. The van der Waals surface area contributed by atoms with Crippen molar-refractivity contribution in [3.8, 4) is 0 Å². The van der Waals surface area contributed by atoms with Gasteiger partial charge in [-0.15, -0.1) is 0 Å². The molecule has 112 valence electrons. The molecular formula is C16H32N2O. The Morgan fingerprint density at radius 3 is 2.21 bits per heavy atom. The summed E-state index contributed by atoms with van der Waals surface area (Å²) in [6.07, 6.45) is 4.50. The van der Waals surface area contributed by atoms with Gasteiger partial charge in [0, 0.05) is 19.5 Å². The van der Waals surface area contributed by atoms with Gasteiger partial charge in [0.25, 0.3) is 0 Å². The maximum atomic E-state index is 12.4. The first-order chi connectivity index (χ1) is 8.75. The van der Waals surface area contributed by atoms with Gasteiger partial charge in [0.15, 0.2) is 0 Å². The fourth-order valence-electron chi connectivity index (χ4n) is 3.15. The summed E-state index contributed by atoms with van der Waals surface area (Å²) in [6, 6.07) is 0. The van der Waals surface area contributed by atoms with Crippen molar-refractivity contribution in [3.63, 3.8) is 0 Å². The molecule has 0 heterocycles. The molecule has 1 amide bonds. The van der Waals surface area contributed by atoms with E-state index in [2.05, 4.69) is 27.7 Å². The molecule has 1 aliphatic carbocycles. The molecule has 1 aliphatic rings. The van der Waals surface area contributed by atoms with Gasteiger partial charge >= 0.3 is 0 Å². The van der Waals surface area contributed by atoms with E-state index in [1.54, 1.807) is 0 Å². The lowest BCUT2D eigenvalue weighted by atomic mass is 9.69. The normalized spacial score (nSPS) is 26.0. The number of rotatable bonds is 4. The van der Waals surface area contributed by atoms with Crippen LogP contribution in [0.25, 0.3) is 0 Å². The van der Waals surface area contributed by atoms with Crippen LogP contribution in [0.5, 0.6) is 0 Å². The van der Waals surface area contributed by atoms with E-state index in [9.17, 15) is 4.79 Å². The minimum atomic E-state index is 0.244. The molecule has 0 aromatic carbocycles. The van der Waals surface area contributed by atoms with Crippen molar-refractivity contribution in [1.82, 2.24) is 4.90 Å². The summed E-state index contributed by atoms with van der Waals surface area (Å²) in [4.78, 5) is 14.3. The third-order valence-electron chi connectivity index (χ3n) is 4.67. The molecule has 1 rings (SSSR count). The van der Waals surface area contributed by atoms with Crippen molar-refractivity contribution >= 4 is 5.91 Å². The molecule has 2 N–H and O–H groups in total. The number of hydrogen-bond donors (Lipinski definition) is 1. The van der Waals surface area contributed by atoms with E-state index in [0.29, 0.717) is 23.8 Å². The summed E-state index contributed by atoms with van der Waals surface area (Å²) < 4.78 is 0. The molecule has 0 radical (unpaired) electrons. The van der Waals surface area contributed by atoms with E-state index in [1.165, 1.54) is 12.8 Å². The first-order valence-electron chi connectivity index (χ1n) is 7.70. The van der Waals surface area contributed by atoms with Gasteiger partial charge < -0.3 is 10.6 Å². The molecule has 1 fully saturated rings. The number of carbonyl (C=O) groups is 1. The molecule has 0 aromatic rings. The second-order valence-electron chi connectivity index (χ2n) is 7.47. The summed E-state index contributed by atoms with van der Waals surface area (Å²) in [7, 11) is 1.92. The average Bonchev–Trinajstić information content (AvgIpc) is 2.36. The Kier molecular flexibility index (Phi) is 5.84. The zero-order chi connectivity index (χ0) is 14.6. The van der Waals surface area contributed by atoms with Crippen molar-refractivity contribution in [3.05, 3.63) is 0 Å². The number of hydrogen-bond acceptors (Lipinski definition) is 2. The smallest absolute Gasteiger partial charge is 0.225 e. The number of nitrogens with two attached hydrogens (primary N) is 1. The largest absolute Gasteiger partial charge is 0.345 e. The van der Waals surface area contributed by atoms with E-state index in [0.717, 1.165) is 25.3 Å². The Bertz CT molecular complexity index is 288. The molecule has 3 heteroatoms. The Balaban J connectivity index is 2.44. The maximum Gasteiger partial charge on any atom is 0.225 e. The van der Waals surface area contributed by atoms with E-state index >= 15 is 0 Å². The quantitative estimate of drug-likeness (QED) is 0.852. The minimum Gasteiger partial charge on any atom is -0.345 e. The lowest BCUT2D eigenvalue weighted by molar-refractivity contribution is -0.136. The van der Waals surface area contributed by atoms with Crippen molar-refractivity contribution in [2.45, 2.75) is 53.4 Å². The molecule has 0 aliphatic heterocycles. The average molecular weight is 268 g/mol. The molecule has 3 nitrogen and oxygen atoms in total. The summed E-state index contributed by atoms with van der Waals surface area (Å²) in [5, 5.41) is 0. The van der Waals surface area contributed by atoms with Gasteiger partial charge in [-0.2, -0.15) is 0 Å². The summed E-state index contributed by atoms with van der Waals surface area (Å²) in [5.41, 5.74) is 6.01. The number of carbonyl (C=O) groups excluding carboxylic acids is 1. The summed E-state index contributed by atoms with van der Waals surface area (Å²) in [5.74, 6) is 1.73. The van der Waals surface area contributed by atoms with Crippen LogP contribution in [-0.4, -0.2) is 30.9 Å². The van der Waals surface area contributed by atoms with E-state index in [1.807, 2.05) is 11.9 Å². The molecule has 1 atom stereocenters. The van der Waals surface area contributed by atoms with Crippen molar-refractivity contribution in [2.24, 2.45) is 28.9 Å². The lowest BCUT2D eigenvalue weighted by Gasteiger charge is -2.37. The van der Waals surface area contributed by atoms with Crippen LogP contribution in [0, 0.1) is 23.2 Å². The minimum absolute atomic E-state index is 0.244. The van der Waals surface area contributed by atoms with Gasteiger partial charge in [0.2, 0.25) is 5.91 Å². The zero-order valence-corrected chi connectivity index (χ0v) is 13.4. The predicted molar refractivity (Wildman–Crippen MR) is 80.8 cm³/mol. The topological polar surface area (TPSA) is 46.3 Å². The fourth-order valence-corrected chi connectivity index (χ4v) is 3.15. The van der Waals surface area contributed by atoms with E-state index in [-0.39, 0.29) is 5.92 Å². The van der Waals surface area contributed by atoms with Crippen LogP contribution in [0.3, 0.4) is 0 Å². The third-order valence-corrected chi connectivity index (χ3v) is 4.67. The van der Waals surface area contributed by atoms with Gasteiger partial charge in [0.05, 0.1) is 0 Å². The highest BCUT2D eigenvalue weighted by Crippen LogP contribution is 2.40. The lowest BCUT2D eigenvalue weighted by Crippen LogP contribution is -2.39. The Hall–Kier alpha value is -0.570. The second kappa shape index (κ2) is 6.74. The van der Waals surface area contributed by atoms with Crippen LogP contribution < -0.4 is 5.73 Å². The van der Waals surface area contributed by atoms with Crippen LogP contribution in [0.1, 0.15) is 53.4 Å². The fraction of sp³-hybridized carbons (Fsp3) is 0.938. The predicted octanol–water partition coefficient (Wildman–Crippen LogP) is 2.89. The summed E-state index contributed by atoms with van der Waals surface area (Å²) in [6.45, 7) is 10.5.